The van der Waals surface area contributed by atoms with Crippen molar-refractivity contribution in [3.63, 3.8) is 0 Å². The number of hydrogen-bond donors (Lipinski definition) is 10. The lowest BCUT2D eigenvalue weighted by atomic mass is 9.44. The predicted octanol–water partition coefficient (Wildman–Crippen LogP) is -1.12. The SMILES string of the molecule is CC1CO[C@]2(CC1O)O[C@H]1C[C@H]3[C@@H]4CC[C@@H]5C[C@@H](O[C@@H]6O[C@H](CO)[C@H](O)[C@H](O[C@H]7OC[C@@H](O)[C@@H](O)[C@@H]7O)[C@H]6O[C@@H]6O[C@H](CO)[C@@H](O)[C@H](O)[C@H]6O)CC[C@]5(C)[C@H]4CC[C@]3(C)[C@H]1[C@@H]2C. The van der Waals surface area contributed by atoms with Crippen LogP contribution < -0.4 is 0 Å². The summed E-state index contributed by atoms with van der Waals surface area (Å²) in [6, 6.07) is 0. The van der Waals surface area contributed by atoms with Gasteiger partial charge in [-0.3, -0.25) is 0 Å². The average Bonchev–Trinajstić information content (AvgIpc) is 3.69. The fraction of sp³-hybridized carbons (Fsp3) is 1.00. The first-order valence-corrected chi connectivity index (χ1v) is 23.3. The third kappa shape index (κ3) is 7.55. The lowest BCUT2D eigenvalue weighted by Crippen LogP contribution is -2.67. The molecule has 9 rings (SSSR count). The van der Waals surface area contributed by atoms with Crippen molar-refractivity contribution in [3.05, 3.63) is 0 Å². The van der Waals surface area contributed by atoms with Crippen LogP contribution in [0.3, 0.4) is 0 Å². The van der Waals surface area contributed by atoms with Gasteiger partial charge in [0.1, 0.15) is 67.1 Å². The smallest absolute Gasteiger partial charge is 0.187 e. The third-order valence-electron chi connectivity index (χ3n) is 18.0. The second-order valence-electron chi connectivity index (χ2n) is 21.2. The molecule has 18 heteroatoms. The molecule has 2 unspecified atom stereocenters. The molecule has 356 valence electrons. The van der Waals surface area contributed by atoms with Gasteiger partial charge in [-0.2, -0.15) is 0 Å². The number of ether oxygens (including phenoxy) is 8. The molecular weight excluding hydrogens is 816 g/mol. The maximum Gasteiger partial charge on any atom is 0.187 e. The van der Waals surface area contributed by atoms with E-state index in [-0.39, 0.29) is 34.9 Å². The topological polar surface area (TPSA) is 276 Å². The van der Waals surface area contributed by atoms with E-state index in [1.807, 2.05) is 6.92 Å². The summed E-state index contributed by atoms with van der Waals surface area (Å²) in [6.45, 7) is 7.96. The first kappa shape index (κ1) is 46.4. The van der Waals surface area contributed by atoms with E-state index in [0.717, 1.165) is 38.5 Å². The Bertz CT molecular complexity index is 1560. The lowest BCUT2D eigenvalue weighted by Gasteiger charge is -2.61. The van der Waals surface area contributed by atoms with Crippen LogP contribution in [0.25, 0.3) is 0 Å². The zero-order valence-electron chi connectivity index (χ0n) is 36.3. The van der Waals surface area contributed by atoms with E-state index < -0.39 is 118 Å². The Kier molecular flexibility index (Phi) is 13.0. The van der Waals surface area contributed by atoms with Gasteiger partial charge in [-0.05, 0) is 91.8 Å². The zero-order chi connectivity index (χ0) is 44.2. The molecule has 10 N–H and O–H groups in total. The van der Waals surface area contributed by atoms with Gasteiger partial charge in [-0.15, -0.1) is 0 Å². The van der Waals surface area contributed by atoms with Crippen molar-refractivity contribution >= 4 is 0 Å². The first-order valence-electron chi connectivity index (χ1n) is 23.3. The maximum atomic E-state index is 11.5. The quantitative estimate of drug-likeness (QED) is 0.129. The molecule has 0 aromatic rings. The van der Waals surface area contributed by atoms with Gasteiger partial charge in [0.15, 0.2) is 24.7 Å². The van der Waals surface area contributed by atoms with Gasteiger partial charge < -0.3 is 89.0 Å². The molecule has 5 saturated heterocycles. The molecule has 9 fully saturated rings. The number of aliphatic hydroxyl groups is 10. The van der Waals surface area contributed by atoms with Crippen LogP contribution in [0.4, 0.5) is 0 Å². The van der Waals surface area contributed by atoms with Crippen LogP contribution in [0.1, 0.15) is 85.5 Å². The number of hydrogen-bond acceptors (Lipinski definition) is 18. The summed E-state index contributed by atoms with van der Waals surface area (Å²) < 4.78 is 49.8. The van der Waals surface area contributed by atoms with Gasteiger partial charge in [-0.1, -0.05) is 27.7 Å². The van der Waals surface area contributed by atoms with E-state index in [0.29, 0.717) is 55.5 Å². The molecular formula is C44H72O18. The van der Waals surface area contributed by atoms with Crippen LogP contribution in [0, 0.1) is 52.3 Å². The molecule has 0 bridgehead atoms. The van der Waals surface area contributed by atoms with Crippen molar-refractivity contribution in [1.29, 1.82) is 0 Å². The van der Waals surface area contributed by atoms with Crippen LogP contribution in [0.5, 0.6) is 0 Å². The third-order valence-corrected chi connectivity index (χ3v) is 18.0. The molecule has 1 spiro atoms. The fourth-order valence-corrected chi connectivity index (χ4v) is 14.4. The summed E-state index contributed by atoms with van der Waals surface area (Å²) >= 11 is 0. The Morgan fingerprint density at radius 2 is 1.29 bits per heavy atom. The molecule has 9 aliphatic rings. The number of fused-ring (bicyclic) bond motifs is 7. The second-order valence-corrected chi connectivity index (χ2v) is 21.2. The Hall–Kier alpha value is -0.720. The Labute approximate surface area is 362 Å². The monoisotopic (exact) mass is 888 g/mol. The molecule has 27 atom stereocenters. The Morgan fingerprint density at radius 1 is 0.613 bits per heavy atom. The molecule has 0 amide bonds. The van der Waals surface area contributed by atoms with Crippen molar-refractivity contribution < 1.29 is 89.0 Å². The van der Waals surface area contributed by atoms with Gasteiger partial charge in [-0.25, -0.2) is 0 Å². The fourth-order valence-electron chi connectivity index (χ4n) is 14.4. The molecule has 5 aliphatic heterocycles. The van der Waals surface area contributed by atoms with Crippen LogP contribution in [0.15, 0.2) is 0 Å². The summed E-state index contributed by atoms with van der Waals surface area (Å²) in [6.07, 6.45) is -14.5. The van der Waals surface area contributed by atoms with E-state index in [1.54, 1.807) is 0 Å². The van der Waals surface area contributed by atoms with E-state index in [2.05, 4.69) is 20.8 Å². The summed E-state index contributed by atoms with van der Waals surface area (Å²) in [5, 5.41) is 106. The first-order chi connectivity index (χ1) is 29.4. The van der Waals surface area contributed by atoms with Crippen LogP contribution in [-0.4, -0.2) is 188 Å². The molecule has 0 aromatic carbocycles. The van der Waals surface area contributed by atoms with Crippen LogP contribution >= 0.6 is 0 Å². The van der Waals surface area contributed by atoms with E-state index >= 15 is 0 Å². The summed E-state index contributed by atoms with van der Waals surface area (Å²) in [5.74, 6) is 1.87. The van der Waals surface area contributed by atoms with E-state index in [1.165, 1.54) is 0 Å². The van der Waals surface area contributed by atoms with Crippen molar-refractivity contribution in [3.8, 4) is 0 Å². The highest BCUT2D eigenvalue weighted by atomic mass is 16.8. The largest absolute Gasteiger partial charge is 0.394 e. The molecule has 4 saturated carbocycles. The lowest BCUT2D eigenvalue weighted by molar-refractivity contribution is -0.392. The highest BCUT2D eigenvalue weighted by molar-refractivity contribution is 5.16. The van der Waals surface area contributed by atoms with Gasteiger partial charge in [0.2, 0.25) is 0 Å². The van der Waals surface area contributed by atoms with Crippen LogP contribution in [0.2, 0.25) is 0 Å². The Morgan fingerprint density at radius 3 is 2.02 bits per heavy atom. The van der Waals surface area contributed by atoms with Gasteiger partial charge >= 0.3 is 0 Å². The minimum Gasteiger partial charge on any atom is -0.394 e. The number of aliphatic hydroxyl groups excluding tert-OH is 10. The standard InChI is InChI=1S/C44H72O18/c1-18-16-56-44(13-25(18)47)19(2)30-27(62-44)12-24-22-6-5-20-11-21(7-9-42(20,3)23(22)8-10-43(24,30)4)57-41-38(61-40-36(54)34(52)32(50)28(14-45)58-40)37(33(51)29(15-46)59-41)60-39-35(53)31(49)26(48)17-55-39/h18-41,45-54H,5-17H2,1-4H3/t18?,19-,20+,21-,22+,23-,24-,25?,26+,27-,28+,29+,30-,31+,32+,33-,34-,35-,36+,37-,38+,39+,40-,41+,42-,43-,44+/m0/s1. The maximum absolute atomic E-state index is 11.5. The highest BCUT2D eigenvalue weighted by Crippen LogP contribution is 2.71. The predicted molar refractivity (Wildman–Crippen MR) is 211 cm³/mol. The Balaban J connectivity index is 0.916. The summed E-state index contributed by atoms with van der Waals surface area (Å²) in [5.41, 5.74) is 0.171. The molecule has 5 heterocycles. The van der Waals surface area contributed by atoms with E-state index in [4.69, 9.17) is 37.9 Å². The summed E-state index contributed by atoms with van der Waals surface area (Å²) in [4.78, 5) is 0. The summed E-state index contributed by atoms with van der Waals surface area (Å²) in [7, 11) is 0. The molecule has 0 aromatic heterocycles. The van der Waals surface area contributed by atoms with Crippen molar-refractivity contribution in [2.24, 2.45) is 52.3 Å². The highest BCUT2D eigenvalue weighted by Gasteiger charge is 2.70. The van der Waals surface area contributed by atoms with Gasteiger partial charge in [0.25, 0.3) is 0 Å². The molecule has 4 aliphatic carbocycles. The van der Waals surface area contributed by atoms with Crippen molar-refractivity contribution in [2.75, 3.05) is 26.4 Å². The van der Waals surface area contributed by atoms with Crippen LogP contribution in [-0.2, 0) is 37.9 Å². The van der Waals surface area contributed by atoms with Gasteiger partial charge in [0, 0.05) is 18.3 Å². The number of rotatable bonds is 8. The van der Waals surface area contributed by atoms with E-state index in [9.17, 15) is 51.1 Å². The average molecular weight is 889 g/mol. The molecule has 18 nitrogen and oxygen atoms in total. The minimum absolute atomic E-state index is 0.0528. The zero-order valence-corrected chi connectivity index (χ0v) is 36.3. The molecule has 62 heavy (non-hydrogen) atoms. The molecule has 0 radical (unpaired) electrons. The minimum atomic E-state index is -1.83. The normalized spacial score (nSPS) is 58.9. The van der Waals surface area contributed by atoms with Gasteiger partial charge in [0.05, 0.1) is 44.7 Å². The second kappa shape index (κ2) is 17.4. The van der Waals surface area contributed by atoms with Crippen molar-refractivity contribution in [2.45, 2.75) is 196 Å². The van der Waals surface area contributed by atoms with Crippen molar-refractivity contribution in [1.82, 2.24) is 0 Å².